The van der Waals surface area contributed by atoms with Gasteiger partial charge in [0.05, 0.1) is 5.41 Å². The summed E-state index contributed by atoms with van der Waals surface area (Å²) in [6.45, 7) is 5.47. The average Bonchev–Trinajstić information content (AvgIpc) is 3.33. The Morgan fingerprint density at radius 2 is 1.64 bits per heavy atom. The van der Waals surface area contributed by atoms with E-state index in [-0.39, 0.29) is 11.3 Å². The molecule has 4 N–H and O–H groups in total. The Morgan fingerprint density at radius 3 is 2.39 bits per heavy atom. The normalized spacial score (nSPS) is 16.9. The molecule has 0 aliphatic carbocycles. The molecule has 1 aliphatic heterocycles. The molecule has 1 atom stereocenters. The summed E-state index contributed by atoms with van der Waals surface area (Å²) >= 11 is 0. The Kier molecular flexibility index (Phi) is 6.50. The summed E-state index contributed by atoms with van der Waals surface area (Å²) in [5, 5.41) is 12.6. The van der Waals surface area contributed by atoms with Crippen LogP contribution in [0.3, 0.4) is 0 Å². The van der Waals surface area contributed by atoms with Gasteiger partial charge in [0.2, 0.25) is 11.9 Å². The molecule has 1 aromatic carbocycles. The van der Waals surface area contributed by atoms with Gasteiger partial charge in [-0.05, 0) is 75.3 Å². The van der Waals surface area contributed by atoms with Gasteiger partial charge >= 0.3 is 0 Å². The van der Waals surface area contributed by atoms with E-state index in [0.717, 1.165) is 30.0 Å². The number of amides is 1. The number of carbonyl (C=O) groups is 1. The minimum absolute atomic E-state index is 0.0291. The molecule has 4 aromatic rings. The summed E-state index contributed by atoms with van der Waals surface area (Å²) in [6.07, 6.45) is 4.17. The zero-order valence-corrected chi connectivity index (χ0v) is 20.1. The maximum Gasteiger partial charge on any atom is 0.231 e. The van der Waals surface area contributed by atoms with Crippen LogP contribution in [-0.4, -0.2) is 43.9 Å². The second-order valence-electron chi connectivity index (χ2n) is 8.96. The SMILES string of the molecule is Cc1cccc(-c2nccc(Nc3ccnc(Nc4ccc(NC(=O)C5(C)CCNC5)cc4)n3)n2)n1. The van der Waals surface area contributed by atoms with Crippen LogP contribution in [0.1, 0.15) is 19.0 Å². The lowest BCUT2D eigenvalue weighted by molar-refractivity contribution is -0.123. The molecule has 4 heterocycles. The number of nitrogens with zero attached hydrogens (tertiary/aromatic N) is 5. The average molecular weight is 482 g/mol. The van der Waals surface area contributed by atoms with E-state index in [0.29, 0.717) is 35.6 Å². The van der Waals surface area contributed by atoms with Crippen LogP contribution in [0, 0.1) is 12.3 Å². The number of hydrogen-bond donors (Lipinski definition) is 4. The summed E-state index contributed by atoms with van der Waals surface area (Å²) in [6, 6.07) is 16.7. The number of rotatable bonds is 7. The van der Waals surface area contributed by atoms with Crippen LogP contribution in [0.25, 0.3) is 11.5 Å². The predicted molar refractivity (Wildman–Crippen MR) is 139 cm³/mol. The lowest BCUT2D eigenvalue weighted by Gasteiger charge is -2.21. The van der Waals surface area contributed by atoms with Crippen LogP contribution in [0.2, 0.25) is 0 Å². The van der Waals surface area contributed by atoms with E-state index in [9.17, 15) is 4.79 Å². The van der Waals surface area contributed by atoms with Crippen LogP contribution >= 0.6 is 0 Å². The number of pyridine rings is 1. The van der Waals surface area contributed by atoms with Gasteiger partial charge in [0.1, 0.15) is 17.3 Å². The Morgan fingerprint density at radius 1 is 0.889 bits per heavy atom. The Balaban J connectivity index is 1.24. The molecular weight excluding hydrogens is 454 g/mol. The number of benzene rings is 1. The topological polar surface area (TPSA) is 130 Å². The number of hydrogen-bond acceptors (Lipinski definition) is 9. The van der Waals surface area contributed by atoms with E-state index >= 15 is 0 Å². The van der Waals surface area contributed by atoms with Crippen molar-refractivity contribution in [2.75, 3.05) is 29.0 Å². The molecule has 10 heteroatoms. The summed E-state index contributed by atoms with van der Waals surface area (Å²) in [4.78, 5) is 34.8. The summed E-state index contributed by atoms with van der Waals surface area (Å²) in [5.74, 6) is 2.16. The van der Waals surface area contributed by atoms with Gasteiger partial charge in [-0.3, -0.25) is 4.79 Å². The molecule has 1 aliphatic rings. The largest absolute Gasteiger partial charge is 0.326 e. The molecule has 5 rings (SSSR count). The van der Waals surface area contributed by atoms with Crippen molar-refractivity contribution in [1.29, 1.82) is 0 Å². The fourth-order valence-electron chi connectivity index (χ4n) is 3.90. The highest BCUT2D eigenvalue weighted by Gasteiger charge is 2.36. The first kappa shape index (κ1) is 23.3. The minimum Gasteiger partial charge on any atom is -0.326 e. The highest BCUT2D eigenvalue weighted by Crippen LogP contribution is 2.27. The van der Waals surface area contributed by atoms with Crippen molar-refractivity contribution in [3.8, 4) is 11.5 Å². The molecule has 0 spiro atoms. The number of aryl methyl sites for hydroxylation is 1. The van der Waals surface area contributed by atoms with Gasteiger partial charge in [0.25, 0.3) is 0 Å². The molecule has 1 amide bonds. The maximum absolute atomic E-state index is 12.6. The Hall–Kier alpha value is -4.44. The lowest BCUT2D eigenvalue weighted by atomic mass is 9.89. The van der Waals surface area contributed by atoms with Gasteiger partial charge in [-0.1, -0.05) is 6.07 Å². The first-order valence-corrected chi connectivity index (χ1v) is 11.7. The highest BCUT2D eigenvalue weighted by molar-refractivity contribution is 5.95. The van der Waals surface area contributed by atoms with Crippen LogP contribution in [-0.2, 0) is 4.79 Å². The monoisotopic (exact) mass is 481 g/mol. The summed E-state index contributed by atoms with van der Waals surface area (Å²) in [5.41, 5.74) is 2.78. The van der Waals surface area contributed by atoms with Gasteiger partial charge in [0.15, 0.2) is 5.82 Å². The lowest BCUT2D eigenvalue weighted by Crippen LogP contribution is -2.35. The van der Waals surface area contributed by atoms with E-state index in [1.54, 1.807) is 24.5 Å². The number of aromatic nitrogens is 5. The first-order chi connectivity index (χ1) is 17.5. The van der Waals surface area contributed by atoms with Crippen molar-refractivity contribution in [2.24, 2.45) is 5.41 Å². The third-order valence-corrected chi connectivity index (χ3v) is 6.00. The van der Waals surface area contributed by atoms with Crippen molar-refractivity contribution in [1.82, 2.24) is 30.2 Å². The molecule has 36 heavy (non-hydrogen) atoms. The minimum atomic E-state index is -0.376. The van der Waals surface area contributed by atoms with Crippen molar-refractivity contribution in [3.05, 3.63) is 72.7 Å². The smallest absolute Gasteiger partial charge is 0.231 e. The van der Waals surface area contributed by atoms with Crippen molar-refractivity contribution in [2.45, 2.75) is 20.3 Å². The molecule has 1 fully saturated rings. The molecule has 1 unspecified atom stereocenters. The summed E-state index contributed by atoms with van der Waals surface area (Å²) in [7, 11) is 0. The van der Waals surface area contributed by atoms with Crippen LogP contribution in [0.15, 0.2) is 67.0 Å². The van der Waals surface area contributed by atoms with Crippen LogP contribution < -0.4 is 21.3 Å². The standard InChI is InChI=1S/C26H27N9O/c1-17-4-3-5-20(30-17)23-28-13-10-21(34-23)33-22-11-14-29-25(35-22)32-19-8-6-18(7-9-19)31-24(36)26(2)12-15-27-16-26/h3-11,13-14,27H,12,15-16H2,1-2H3,(H,31,36)(H2,28,29,32,33,34,35). The number of nitrogens with one attached hydrogen (secondary N) is 4. The van der Waals surface area contributed by atoms with Crippen LogP contribution in [0.5, 0.6) is 0 Å². The maximum atomic E-state index is 12.6. The molecule has 0 radical (unpaired) electrons. The van der Waals surface area contributed by atoms with Gasteiger partial charge < -0.3 is 21.3 Å². The first-order valence-electron chi connectivity index (χ1n) is 11.7. The molecule has 0 bridgehead atoms. The van der Waals surface area contributed by atoms with E-state index in [4.69, 9.17) is 0 Å². The number of anilines is 5. The second kappa shape index (κ2) is 10.0. The molecule has 182 valence electrons. The van der Waals surface area contributed by atoms with Crippen molar-refractivity contribution >= 4 is 34.9 Å². The quantitative estimate of drug-likeness (QED) is 0.309. The third-order valence-electron chi connectivity index (χ3n) is 6.00. The second-order valence-corrected chi connectivity index (χ2v) is 8.96. The van der Waals surface area contributed by atoms with E-state index in [1.165, 1.54) is 0 Å². The fraction of sp³-hybridized carbons (Fsp3) is 0.231. The van der Waals surface area contributed by atoms with Crippen molar-refractivity contribution in [3.63, 3.8) is 0 Å². The van der Waals surface area contributed by atoms with Crippen LogP contribution in [0.4, 0.5) is 29.0 Å². The van der Waals surface area contributed by atoms with E-state index in [1.807, 2.05) is 56.3 Å². The van der Waals surface area contributed by atoms with Crippen molar-refractivity contribution < 1.29 is 4.79 Å². The molecule has 1 saturated heterocycles. The summed E-state index contributed by atoms with van der Waals surface area (Å²) < 4.78 is 0. The fourth-order valence-corrected chi connectivity index (χ4v) is 3.90. The zero-order valence-electron chi connectivity index (χ0n) is 20.1. The molecule has 0 saturated carbocycles. The highest BCUT2D eigenvalue weighted by atomic mass is 16.2. The number of carbonyl (C=O) groups excluding carboxylic acids is 1. The Labute approximate surface area is 209 Å². The molecule has 10 nitrogen and oxygen atoms in total. The van der Waals surface area contributed by atoms with Gasteiger partial charge in [0, 0.05) is 36.0 Å². The van der Waals surface area contributed by atoms with E-state index < -0.39 is 0 Å². The molecular formula is C26H27N9O. The Bertz CT molecular complexity index is 1370. The zero-order chi connectivity index (χ0) is 25.0. The van der Waals surface area contributed by atoms with Gasteiger partial charge in [-0.25, -0.2) is 19.9 Å². The van der Waals surface area contributed by atoms with Gasteiger partial charge in [-0.2, -0.15) is 4.98 Å². The third kappa shape index (κ3) is 5.44. The predicted octanol–water partition coefficient (Wildman–Crippen LogP) is 4.06. The molecule has 3 aromatic heterocycles. The van der Waals surface area contributed by atoms with E-state index in [2.05, 4.69) is 46.2 Å². The van der Waals surface area contributed by atoms with Gasteiger partial charge in [-0.15, -0.1) is 0 Å².